The van der Waals surface area contributed by atoms with Gasteiger partial charge in [-0.25, -0.2) is 4.39 Å². The number of nitrogens with zero attached hydrogens (tertiary/aromatic N) is 2. The van der Waals surface area contributed by atoms with Gasteiger partial charge >= 0.3 is 0 Å². The average Bonchev–Trinajstić information content (AvgIpc) is 2.90. The smallest absolute Gasteiger partial charge is 0.270 e. The second-order valence-corrected chi connectivity index (χ2v) is 6.56. The standard InChI is InChI=1S/C20H20FN3O/c21-16-5-6-17-15(12-16)13-18(23-17)20(25)24-11-3-1-2-4-19(24)14-7-9-22-10-8-14/h5-10,12-13,19,23H,1-4,11H2. The predicted molar refractivity (Wildman–Crippen MR) is 94.7 cm³/mol. The lowest BCUT2D eigenvalue weighted by atomic mass is 10.0. The lowest BCUT2D eigenvalue weighted by Gasteiger charge is -2.30. The molecule has 1 saturated heterocycles. The summed E-state index contributed by atoms with van der Waals surface area (Å²) in [4.78, 5) is 22.3. The molecule has 1 atom stereocenters. The van der Waals surface area contributed by atoms with Crippen LogP contribution in [0.25, 0.3) is 10.9 Å². The van der Waals surface area contributed by atoms with Gasteiger partial charge < -0.3 is 9.88 Å². The molecular formula is C20H20FN3O. The first-order valence-electron chi connectivity index (χ1n) is 8.71. The van der Waals surface area contributed by atoms with E-state index in [0.29, 0.717) is 5.69 Å². The number of nitrogens with one attached hydrogen (secondary N) is 1. The lowest BCUT2D eigenvalue weighted by Crippen LogP contribution is -2.35. The van der Waals surface area contributed by atoms with E-state index in [-0.39, 0.29) is 17.8 Å². The molecule has 1 unspecified atom stereocenters. The SMILES string of the molecule is O=C(c1cc2cc(F)ccc2[nH]1)N1CCCCCC1c1ccncc1. The van der Waals surface area contributed by atoms with Crippen LogP contribution in [-0.2, 0) is 0 Å². The molecule has 1 aromatic carbocycles. The first kappa shape index (κ1) is 15.8. The molecule has 2 aromatic heterocycles. The maximum atomic E-state index is 13.4. The number of H-pyrrole nitrogens is 1. The maximum Gasteiger partial charge on any atom is 0.270 e. The van der Waals surface area contributed by atoms with Crippen LogP contribution in [-0.4, -0.2) is 27.3 Å². The molecule has 1 fully saturated rings. The molecule has 0 saturated carbocycles. The van der Waals surface area contributed by atoms with Crippen molar-refractivity contribution in [2.45, 2.75) is 31.7 Å². The molecule has 1 N–H and O–H groups in total. The maximum absolute atomic E-state index is 13.4. The van der Waals surface area contributed by atoms with Crippen LogP contribution < -0.4 is 0 Å². The van der Waals surface area contributed by atoms with Crippen LogP contribution in [0, 0.1) is 5.82 Å². The summed E-state index contributed by atoms with van der Waals surface area (Å²) in [6.45, 7) is 0.732. The van der Waals surface area contributed by atoms with Crippen molar-refractivity contribution in [2.75, 3.05) is 6.54 Å². The zero-order chi connectivity index (χ0) is 17.2. The minimum absolute atomic E-state index is 0.0275. The molecule has 3 aromatic rings. The summed E-state index contributed by atoms with van der Waals surface area (Å²) in [5.41, 5.74) is 2.41. The number of carbonyl (C=O) groups is 1. The molecule has 0 bridgehead atoms. The largest absolute Gasteiger partial charge is 0.351 e. The number of amides is 1. The van der Waals surface area contributed by atoms with Crippen molar-refractivity contribution in [3.8, 4) is 0 Å². The number of benzene rings is 1. The molecule has 4 nitrogen and oxygen atoms in total. The number of fused-ring (bicyclic) bond motifs is 1. The van der Waals surface area contributed by atoms with Crippen molar-refractivity contribution < 1.29 is 9.18 Å². The monoisotopic (exact) mass is 337 g/mol. The minimum atomic E-state index is -0.296. The van der Waals surface area contributed by atoms with Crippen LogP contribution in [0.4, 0.5) is 4.39 Å². The number of halogens is 1. The normalized spacial score (nSPS) is 18.3. The summed E-state index contributed by atoms with van der Waals surface area (Å²) in [6, 6.07) is 10.3. The Hall–Kier alpha value is -2.69. The van der Waals surface area contributed by atoms with E-state index in [0.717, 1.165) is 48.7 Å². The van der Waals surface area contributed by atoms with Crippen LogP contribution in [0.1, 0.15) is 47.8 Å². The molecule has 4 rings (SSSR count). The number of carbonyl (C=O) groups excluding carboxylic acids is 1. The summed E-state index contributed by atoms with van der Waals surface area (Å²) in [5, 5.41) is 0.721. The number of rotatable bonds is 2. The minimum Gasteiger partial charge on any atom is -0.351 e. The Balaban J connectivity index is 1.69. The molecule has 1 aliphatic rings. The first-order valence-corrected chi connectivity index (χ1v) is 8.71. The Morgan fingerprint density at radius 1 is 1.12 bits per heavy atom. The molecular weight excluding hydrogens is 317 g/mol. The Kier molecular flexibility index (Phi) is 4.22. The summed E-state index contributed by atoms with van der Waals surface area (Å²) >= 11 is 0. The Morgan fingerprint density at radius 2 is 1.96 bits per heavy atom. The summed E-state index contributed by atoms with van der Waals surface area (Å²) < 4.78 is 13.4. The molecule has 0 radical (unpaired) electrons. The van der Waals surface area contributed by atoms with Gasteiger partial charge in [-0.05, 0) is 54.8 Å². The number of aromatic amines is 1. The summed E-state index contributed by atoms with van der Waals surface area (Å²) in [6.07, 6.45) is 7.73. The van der Waals surface area contributed by atoms with E-state index in [1.807, 2.05) is 17.0 Å². The van der Waals surface area contributed by atoms with Crippen molar-refractivity contribution in [3.63, 3.8) is 0 Å². The quantitative estimate of drug-likeness (QED) is 0.750. The van der Waals surface area contributed by atoms with Crippen LogP contribution in [0.15, 0.2) is 48.8 Å². The number of hydrogen-bond acceptors (Lipinski definition) is 2. The van der Waals surface area contributed by atoms with E-state index in [1.54, 1.807) is 24.5 Å². The summed E-state index contributed by atoms with van der Waals surface area (Å²) in [7, 11) is 0. The average molecular weight is 337 g/mol. The molecule has 1 aliphatic heterocycles. The van der Waals surface area contributed by atoms with Crippen molar-refractivity contribution in [1.29, 1.82) is 0 Å². The molecule has 1 amide bonds. The second-order valence-electron chi connectivity index (χ2n) is 6.56. The van der Waals surface area contributed by atoms with Gasteiger partial charge in [0.1, 0.15) is 11.5 Å². The Morgan fingerprint density at radius 3 is 2.80 bits per heavy atom. The van der Waals surface area contributed by atoms with E-state index in [9.17, 15) is 9.18 Å². The van der Waals surface area contributed by atoms with Gasteiger partial charge in [0.25, 0.3) is 5.91 Å². The number of pyridine rings is 1. The van der Waals surface area contributed by atoms with Crippen molar-refractivity contribution >= 4 is 16.8 Å². The Labute approximate surface area is 145 Å². The highest BCUT2D eigenvalue weighted by Crippen LogP contribution is 2.31. The van der Waals surface area contributed by atoms with Gasteiger partial charge in [-0.15, -0.1) is 0 Å². The second kappa shape index (κ2) is 6.67. The molecule has 128 valence electrons. The zero-order valence-corrected chi connectivity index (χ0v) is 13.9. The van der Waals surface area contributed by atoms with E-state index in [4.69, 9.17) is 0 Å². The fraction of sp³-hybridized carbons (Fsp3) is 0.300. The van der Waals surface area contributed by atoms with Gasteiger partial charge in [-0.3, -0.25) is 9.78 Å². The predicted octanol–water partition coefficient (Wildman–Crippen LogP) is 4.46. The van der Waals surface area contributed by atoms with Gasteiger partial charge in [0, 0.05) is 29.8 Å². The molecule has 5 heteroatoms. The van der Waals surface area contributed by atoms with Crippen LogP contribution in [0.3, 0.4) is 0 Å². The van der Waals surface area contributed by atoms with Gasteiger partial charge in [-0.2, -0.15) is 0 Å². The van der Waals surface area contributed by atoms with Gasteiger partial charge in [-0.1, -0.05) is 12.8 Å². The van der Waals surface area contributed by atoms with Crippen molar-refractivity contribution in [2.24, 2.45) is 0 Å². The molecule has 25 heavy (non-hydrogen) atoms. The number of likely N-dealkylation sites (tertiary alicyclic amines) is 1. The third-order valence-electron chi connectivity index (χ3n) is 4.92. The first-order chi connectivity index (χ1) is 12.2. The Bertz CT molecular complexity index is 890. The molecule has 0 aliphatic carbocycles. The van der Waals surface area contributed by atoms with Gasteiger partial charge in [0.05, 0.1) is 6.04 Å². The van der Waals surface area contributed by atoms with E-state index >= 15 is 0 Å². The lowest BCUT2D eigenvalue weighted by molar-refractivity contribution is 0.0675. The highest BCUT2D eigenvalue weighted by molar-refractivity contribution is 5.98. The zero-order valence-electron chi connectivity index (χ0n) is 13.9. The van der Waals surface area contributed by atoms with Crippen molar-refractivity contribution in [1.82, 2.24) is 14.9 Å². The fourth-order valence-electron chi connectivity index (χ4n) is 3.66. The highest BCUT2D eigenvalue weighted by Gasteiger charge is 2.28. The highest BCUT2D eigenvalue weighted by atomic mass is 19.1. The van der Waals surface area contributed by atoms with E-state index in [1.165, 1.54) is 12.1 Å². The topological polar surface area (TPSA) is 49.0 Å². The molecule has 0 spiro atoms. The number of hydrogen-bond donors (Lipinski definition) is 1. The van der Waals surface area contributed by atoms with Crippen LogP contribution >= 0.6 is 0 Å². The van der Waals surface area contributed by atoms with Crippen LogP contribution in [0.5, 0.6) is 0 Å². The fourth-order valence-corrected chi connectivity index (χ4v) is 3.66. The van der Waals surface area contributed by atoms with Crippen molar-refractivity contribution in [3.05, 3.63) is 65.9 Å². The van der Waals surface area contributed by atoms with Crippen LogP contribution in [0.2, 0.25) is 0 Å². The molecule has 3 heterocycles. The third kappa shape index (κ3) is 3.14. The number of aromatic nitrogens is 2. The van der Waals surface area contributed by atoms with Gasteiger partial charge in [0.2, 0.25) is 0 Å². The third-order valence-corrected chi connectivity index (χ3v) is 4.92. The van der Waals surface area contributed by atoms with E-state index in [2.05, 4.69) is 9.97 Å². The summed E-state index contributed by atoms with van der Waals surface area (Å²) in [5.74, 6) is -0.324. The van der Waals surface area contributed by atoms with E-state index < -0.39 is 0 Å². The van der Waals surface area contributed by atoms with Gasteiger partial charge in [0.15, 0.2) is 0 Å².